The number of carbonyl (C=O) groups excluding carboxylic acids is 1. The van der Waals surface area contributed by atoms with Crippen LogP contribution in [0.2, 0.25) is 0 Å². The second kappa shape index (κ2) is 4.39. The van der Waals surface area contributed by atoms with Crippen molar-refractivity contribution in [1.29, 1.82) is 0 Å². The summed E-state index contributed by atoms with van der Waals surface area (Å²) in [6.45, 7) is 3.87. The van der Waals surface area contributed by atoms with E-state index in [9.17, 15) is 4.79 Å². The Morgan fingerprint density at radius 1 is 1.60 bits per heavy atom. The van der Waals surface area contributed by atoms with Crippen molar-refractivity contribution < 1.29 is 9.21 Å². The first-order chi connectivity index (χ1) is 7.16. The molecule has 1 amide bonds. The van der Waals surface area contributed by atoms with Crippen molar-refractivity contribution in [2.75, 3.05) is 13.1 Å². The first-order valence-corrected chi connectivity index (χ1v) is 6.00. The van der Waals surface area contributed by atoms with Crippen LogP contribution in [0, 0.1) is 5.92 Å². The van der Waals surface area contributed by atoms with Crippen LogP contribution in [0.4, 0.5) is 0 Å². The van der Waals surface area contributed by atoms with Gasteiger partial charge in [0.15, 0.2) is 10.4 Å². The molecule has 1 fully saturated rings. The number of hydrogen-bond donors (Lipinski definition) is 0. The summed E-state index contributed by atoms with van der Waals surface area (Å²) in [4.78, 5) is 13.8. The number of halogens is 1. The van der Waals surface area contributed by atoms with Crippen molar-refractivity contribution in [2.45, 2.75) is 19.8 Å². The van der Waals surface area contributed by atoms with Gasteiger partial charge in [-0.1, -0.05) is 6.92 Å². The summed E-state index contributed by atoms with van der Waals surface area (Å²) in [5.74, 6) is 1.03. The van der Waals surface area contributed by atoms with Gasteiger partial charge in [0.1, 0.15) is 0 Å². The molecule has 82 valence electrons. The predicted molar refractivity (Wildman–Crippen MR) is 60.7 cm³/mol. The predicted octanol–water partition coefficient (Wildman–Crippen LogP) is 2.91. The molecule has 4 heteroatoms. The highest BCUT2D eigenvalue weighted by molar-refractivity contribution is 9.10. The minimum absolute atomic E-state index is 0.00671. The Morgan fingerprint density at radius 3 is 3.00 bits per heavy atom. The van der Waals surface area contributed by atoms with Gasteiger partial charge in [-0.2, -0.15) is 0 Å². The zero-order valence-corrected chi connectivity index (χ0v) is 10.3. The lowest BCUT2D eigenvalue weighted by atomic mass is 10.0. The molecule has 1 aliphatic rings. The van der Waals surface area contributed by atoms with Gasteiger partial charge in [0.05, 0.1) is 0 Å². The second-order valence-electron chi connectivity index (χ2n) is 4.10. The molecule has 1 atom stereocenters. The van der Waals surface area contributed by atoms with E-state index in [1.165, 1.54) is 6.42 Å². The summed E-state index contributed by atoms with van der Waals surface area (Å²) in [6.07, 6.45) is 2.31. The first kappa shape index (κ1) is 10.7. The number of piperidine rings is 1. The number of furan rings is 1. The number of amides is 1. The van der Waals surface area contributed by atoms with Crippen LogP contribution in [0.5, 0.6) is 0 Å². The quantitative estimate of drug-likeness (QED) is 0.787. The van der Waals surface area contributed by atoms with Crippen molar-refractivity contribution in [3.8, 4) is 0 Å². The molecule has 2 heterocycles. The molecule has 0 N–H and O–H groups in total. The molecule has 0 saturated carbocycles. The largest absolute Gasteiger partial charge is 0.444 e. The molecular formula is C11H14BrNO2. The number of nitrogens with zero attached hydrogens (tertiary/aromatic N) is 1. The zero-order chi connectivity index (χ0) is 10.8. The number of carbonyl (C=O) groups is 1. The Kier molecular flexibility index (Phi) is 3.14. The van der Waals surface area contributed by atoms with Crippen LogP contribution in [0.3, 0.4) is 0 Å². The highest BCUT2D eigenvalue weighted by Crippen LogP contribution is 2.20. The van der Waals surface area contributed by atoms with Gasteiger partial charge in [0, 0.05) is 13.1 Å². The number of hydrogen-bond acceptors (Lipinski definition) is 2. The minimum atomic E-state index is 0.00671. The van der Waals surface area contributed by atoms with Gasteiger partial charge in [0.25, 0.3) is 5.91 Å². The smallest absolute Gasteiger partial charge is 0.289 e. The summed E-state index contributed by atoms with van der Waals surface area (Å²) in [6, 6.07) is 3.46. The molecule has 0 unspecified atom stereocenters. The van der Waals surface area contributed by atoms with Gasteiger partial charge in [0.2, 0.25) is 0 Å². The highest BCUT2D eigenvalue weighted by atomic mass is 79.9. The normalized spacial score (nSPS) is 21.7. The Hall–Kier alpha value is -0.770. The van der Waals surface area contributed by atoms with Gasteiger partial charge < -0.3 is 9.32 Å². The standard InChI is InChI=1S/C11H14BrNO2/c1-8-3-2-6-13(7-8)11(14)9-4-5-10(12)15-9/h4-5,8H,2-3,6-7H2,1H3/t8-/m0/s1. The minimum Gasteiger partial charge on any atom is -0.444 e. The summed E-state index contributed by atoms with van der Waals surface area (Å²) < 4.78 is 5.87. The van der Waals surface area contributed by atoms with E-state index in [0.29, 0.717) is 16.3 Å². The molecule has 0 radical (unpaired) electrons. The van der Waals surface area contributed by atoms with Gasteiger partial charge in [-0.05, 0) is 46.8 Å². The third-order valence-electron chi connectivity index (χ3n) is 2.73. The van der Waals surface area contributed by atoms with Gasteiger partial charge in [-0.15, -0.1) is 0 Å². The van der Waals surface area contributed by atoms with Crippen LogP contribution in [-0.2, 0) is 0 Å². The molecule has 3 nitrogen and oxygen atoms in total. The molecule has 2 rings (SSSR count). The molecule has 1 aromatic rings. The van der Waals surface area contributed by atoms with Crippen molar-refractivity contribution >= 4 is 21.8 Å². The summed E-state index contributed by atoms with van der Waals surface area (Å²) >= 11 is 3.20. The Morgan fingerprint density at radius 2 is 2.40 bits per heavy atom. The molecule has 15 heavy (non-hydrogen) atoms. The number of likely N-dealkylation sites (tertiary alicyclic amines) is 1. The third kappa shape index (κ3) is 2.43. The average molecular weight is 272 g/mol. The molecular weight excluding hydrogens is 258 g/mol. The fraction of sp³-hybridized carbons (Fsp3) is 0.545. The maximum Gasteiger partial charge on any atom is 0.289 e. The summed E-state index contributed by atoms with van der Waals surface area (Å²) in [5, 5.41) is 0. The van der Waals surface area contributed by atoms with Crippen molar-refractivity contribution in [3.05, 3.63) is 22.6 Å². The van der Waals surface area contributed by atoms with E-state index in [0.717, 1.165) is 19.5 Å². The molecule has 0 bridgehead atoms. The molecule has 1 saturated heterocycles. The van der Waals surface area contributed by atoms with Crippen LogP contribution in [0.15, 0.2) is 21.2 Å². The van der Waals surface area contributed by atoms with E-state index in [2.05, 4.69) is 22.9 Å². The molecule has 0 aromatic carbocycles. The lowest BCUT2D eigenvalue weighted by Crippen LogP contribution is -2.38. The average Bonchev–Trinajstić information content (AvgIpc) is 2.64. The van der Waals surface area contributed by atoms with Crippen LogP contribution in [0.25, 0.3) is 0 Å². The second-order valence-corrected chi connectivity index (χ2v) is 4.88. The Bertz CT molecular complexity index is 361. The van der Waals surface area contributed by atoms with Gasteiger partial charge >= 0.3 is 0 Å². The van der Waals surface area contributed by atoms with E-state index in [4.69, 9.17) is 4.42 Å². The van der Waals surface area contributed by atoms with E-state index in [1.807, 2.05) is 4.90 Å². The third-order valence-corrected chi connectivity index (χ3v) is 3.15. The Labute approximate surface area is 97.6 Å². The first-order valence-electron chi connectivity index (χ1n) is 5.21. The zero-order valence-electron chi connectivity index (χ0n) is 8.70. The van der Waals surface area contributed by atoms with Crippen molar-refractivity contribution in [1.82, 2.24) is 4.90 Å². The SMILES string of the molecule is C[C@H]1CCCN(C(=O)c2ccc(Br)o2)C1. The summed E-state index contributed by atoms with van der Waals surface area (Å²) in [5.41, 5.74) is 0. The maximum atomic E-state index is 12.0. The van der Waals surface area contributed by atoms with E-state index < -0.39 is 0 Å². The van der Waals surface area contributed by atoms with E-state index in [1.54, 1.807) is 12.1 Å². The van der Waals surface area contributed by atoms with Crippen LogP contribution < -0.4 is 0 Å². The molecule has 1 aliphatic heterocycles. The highest BCUT2D eigenvalue weighted by Gasteiger charge is 2.23. The van der Waals surface area contributed by atoms with Gasteiger partial charge in [-0.25, -0.2) is 0 Å². The van der Waals surface area contributed by atoms with E-state index >= 15 is 0 Å². The van der Waals surface area contributed by atoms with Crippen LogP contribution in [0.1, 0.15) is 30.3 Å². The van der Waals surface area contributed by atoms with Crippen molar-refractivity contribution in [3.63, 3.8) is 0 Å². The van der Waals surface area contributed by atoms with E-state index in [-0.39, 0.29) is 5.91 Å². The fourth-order valence-corrected chi connectivity index (χ4v) is 2.27. The molecule has 1 aromatic heterocycles. The fourth-order valence-electron chi connectivity index (χ4n) is 1.96. The van der Waals surface area contributed by atoms with Crippen LogP contribution in [-0.4, -0.2) is 23.9 Å². The van der Waals surface area contributed by atoms with Gasteiger partial charge in [-0.3, -0.25) is 4.79 Å². The topological polar surface area (TPSA) is 33.5 Å². The number of rotatable bonds is 1. The lowest BCUT2D eigenvalue weighted by Gasteiger charge is -2.30. The van der Waals surface area contributed by atoms with Crippen molar-refractivity contribution in [2.24, 2.45) is 5.92 Å². The monoisotopic (exact) mass is 271 g/mol. The Balaban J connectivity index is 2.07. The van der Waals surface area contributed by atoms with Crippen LogP contribution >= 0.6 is 15.9 Å². The lowest BCUT2D eigenvalue weighted by molar-refractivity contribution is 0.0649. The molecule has 0 aliphatic carbocycles. The maximum absolute atomic E-state index is 12.0. The summed E-state index contributed by atoms with van der Waals surface area (Å²) in [7, 11) is 0. The molecule has 0 spiro atoms.